The molecule has 3 aromatic rings. The van der Waals surface area contributed by atoms with Crippen molar-refractivity contribution in [3.05, 3.63) is 91.6 Å². The van der Waals surface area contributed by atoms with E-state index in [1.165, 1.54) is 17.0 Å². The summed E-state index contributed by atoms with van der Waals surface area (Å²) in [5.41, 5.74) is 0.989. The van der Waals surface area contributed by atoms with E-state index in [9.17, 15) is 18.0 Å². The minimum Gasteiger partial charge on any atom is -0.344 e. The summed E-state index contributed by atoms with van der Waals surface area (Å²) in [5, 5.41) is -0.110. The van der Waals surface area contributed by atoms with Gasteiger partial charge < -0.3 is 4.90 Å². The molecule has 0 unspecified atom stereocenters. The van der Waals surface area contributed by atoms with Gasteiger partial charge in [-0.15, -0.1) is 11.3 Å². The molecule has 0 aliphatic carbocycles. The Morgan fingerprint density at radius 3 is 1.74 bits per heavy atom. The molecule has 5 nitrogen and oxygen atoms in total. The van der Waals surface area contributed by atoms with Crippen molar-refractivity contribution in [1.82, 2.24) is 4.90 Å². The second kappa shape index (κ2) is 9.53. The summed E-state index contributed by atoms with van der Waals surface area (Å²) in [6, 6.07) is 16.0. The molecule has 0 saturated heterocycles. The minimum atomic E-state index is -3.95. The number of amides is 1. The minimum absolute atomic E-state index is 0.222. The van der Waals surface area contributed by atoms with Gasteiger partial charge in [0.25, 0.3) is 5.91 Å². The van der Waals surface area contributed by atoms with Crippen LogP contribution < -0.4 is 0 Å². The molecular formula is C22H19Cl2NO4S2. The molecule has 3 rings (SSSR count). The van der Waals surface area contributed by atoms with Crippen molar-refractivity contribution < 1.29 is 18.0 Å². The van der Waals surface area contributed by atoms with E-state index in [1.807, 2.05) is 0 Å². The lowest BCUT2D eigenvalue weighted by Gasteiger charge is -2.18. The quantitative estimate of drug-likeness (QED) is 0.425. The zero-order valence-corrected chi connectivity index (χ0v) is 19.9. The van der Waals surface area contributed by atoms with Gasteiger partial charge in [0.15, 0.2) is 15.6 Å². The third-order valence-corrected chi connectivity index (χ3v) is 8.08. The lowest BCUT2D eigenvalue weighted by molar-refractivity contribution is 0.0832. The predicted molar refractivity (Wildman–Crippen MR) is 125 cm³/mol. The summed E-state index contributed by atoms with van der Waals surface area (Å²) >= 11 is 12.9. The molecule has 0 aliphatic heterocycles. The van der Waals surface area contributed by atoms with Gasteiger partial charge in [0, 0.05) is 24.1 Å². The molecule has 162 valence electrons. The number of hydrogen-bond donors (Lipinski definition) is 0. The first-order chi connectivity index (χ1) is 14.6. The molecule has 1 heterocycles. The monoisotopic (exact) mass is 495 g/mol. The number of carbonyl (C=O) groups excluding carboxylic acids is 2. The molecule has 0 bridgehead atoms. The maximum Gasteiger partial charge on any atom is 0.263 e. The van der Waals surface area contributed by atoms with E-state index in [0.717, 1.165) is 11.3 Å². The van der Waals surface area contributed by atoms with Crippen LogP contribution >= 0.6 is 34.5 Å². The molecule has 1 amide bonds. The Kier molecular flexibility index (Phi) is 7.21. The largest absolute Gasteiger partial charge is 0.344 e. The summed E-state index contributed by atoms with van der Waals surface area (Å²) in [7, 11) is -0.737. The highest BCUT2D eigenvalue weighted by molar-refractivity contribution is 7.92. The lowest BCUT2D eigenvalue weighted by Crippen LogP contribution is -2.23. The maximum absolute atomic E-state index is 13.4. The predicted octanol–water partition coefficient (Wildman–Crippen LogP) is 5.14. The Labute approximate surface area is 195 Å². The number of carbonyl (C=O) groups is 2. The fraction of sp³-hybridized carbons (Fsp3) is 0.182. The summed E-state index contributed by atoms with van der Waals surface area (Å²) in [6.07, 6.45) is 0. The molecule has 0 saturated carbocycles. The SMILES string of the molecule is CN(C)C(=O)c1ccc(C(=O)CS(=O)(=O)C(c2ccc(Cl)cc2)c2ccc(Cl)cc2)s1. The van der Waals surface area contributed by atoms with Crippen LogP contribution in [-0.4, -0.2) is 44.9 Å². The van der Waals surface area contributed by atoms with E-state index in [2.05, 4.69) is 0 Å². The Hall–Kier alpha value is -2.19. The number of rotatable bonds is 7. The van der Waals surface area contributed by atoms with Gasteiger partial charge >= 0.3 is 0 Å². The van der Waals surface area contributed by atoms with Crippen LogP contribution in [0.4, 0.5) is 0 Å². The molecule has 31 heavy (non-hydrogen) atoms. The van der Waals surface area contributed by atoms with Crippen molar-refractivity contribution in [2.75, 3.05) is 19.8 Å². The van der Waals surface area contributed by atoms with Crippen molar-refractivity contribution in [2.45, 2.75) is 5.25 Å². The number of ketones is 1. The number of nitrogens with zero attached hydrogens (tertiary/aromatic N) is 1. The Balaban J connectivity index is 1.95. The number of benzene rings is 2. The standard InChI is InChI=1S/C22H19Cl2NO4S2/c1-25(2)22(27)20-12-11-19(30-20)18(26)13-31(28,29)21(14-3-7-16(23)8-4-14)15-5-9-17(24)10-6-15/h3-12,21H,13H2,1-2H3. The van der Waals surface area contributed by atoms with E-state index in [4.69, 9.17) is 23.2 Å². The molecule has 0 N–H and O–H groups in total. The zero-order valence-electron chi connectivity index (χ0n) is 16.7. The van der Waals surface area contributed by atoms with Crippen LogP contribution in [0, 0.1) is 0 Å². The van der Waals surface area contributed by atoms with Gasteiger partial charge in [-0.25, -0.2) is 8.42 Å². The van der Waals surface area contributed by atoms with E-state index < -0.39 is 26.6 Å². The van der Waals surface area contributed by atoms with Crippen LogP contribution in [0.5, 0.6) is 0 Å². The summed E-state index contributed by atoms with van der Waals surface area (Å²) in [4.78, 5) is 26.9. The van der Waals surface area contributed by atoms with E-state index >= 15 is 0 Å². The van der Waals surface area contributed by atoms with Gasteiger partial charge in [-0.3, -0.25) is 9.59 Å². The van der Waals surface area contributed by atoms with Crippen molar-refractivity contribution in [3.8, 4) is 0 Å². The summed E-state index contributed by atoms with van der Waals surface area (Å²) in [5.74, 6) is -1.50. The van der Waals surface area contributed by atoms with E-state index in [1.54, 1.807) is 62.6 Å². The van der Waals surface area contributed by atoms with Crippen molar-refractivity contribution in [3.63, 3.8) is 0 Å². The highest BCUT2D eigenvalue weighted by Crippen LogP contribution is 2.33. The number of sulfone groups is 1. The molecular weight excluding hydrogens is 477 g/mol. The first-order valence-corrected chi connectivity index (χ1v) is 12.4. The van der Waals surface area contributed by atoms with Gasteiger partial charge in [0.1, 0.15) is 11.0 Å². The van der Waals surface area contributed by atoms with E-state index in [0.29, 0.717) is 26.0 Å². The van der Waals surface area contributed by atoms with Crippen molar-refractivity contribution >= 4 is 56.1 Å². The van der Waals surface area contributed by atoms with Gasteiger partial charge in [0.05, 0.1) is 9.75 Å². The Bertz CT molecular complexity index is 1160. The lowest BCUT2D eigenvalue weighted by atomic mass is 10.0. The van der Waals surface area contributed by atoms with Gasteiger partial charge in [-0.05, 0) is 47.5 Å². The molecule has 0 aliphatic rings. The fourth-order valence-corrected chi connectivity index (χ4v) is 6.18. The van der Waals surface area contributed by atoms with Crippen LogP contribution in [0.25, 0.3) is 0 Å². The second-order valence-electron chi connectivity index (χ2n) is 7.08. The highest BCUT2D eigenvalue weighted by atomic mass is 35.5. The van der Waals surface area contributed by atoms with Crippen LogP contribution in [-0.2, 0) is 9.84 Å². The first kappa shape index (κ1) is 23.5. The third kappa shape index (κ3) is 5.54. The summed E-state index contributed by atoms with van der Waals surface area (Å²) < 4.78 is 26.8. The Morgan fingerprint density at radius 1 is 0.839 bits per heavy atom. The fourth-order valence-electron chi connectivity index (χ4n) is 3.04. The van der Waals surface area contributed by atoms with Crippen LogP contribution in [0.1, 0.15) is 35.7 Å². The average molecular weight is 496 g/mol. The van der Waals surface area contributed by atoms with Gasteiger partial charge in [-0.1, -0.05) is 47.5 Å². The molecule has 1 aromatic heterocycles. The second-order valence-corrected chi connectivity index (χ2v) is 11.1. The highest BCUT2D eigenvalue weighted by Gasteiger charge is 2.32. The number of hydrogen-bond acceptors (Lipinski definition) is 5. The maximum atomic E-state index is 13.4. The van der Waals surface area contributed by atoms with E-state index in [-0.39, 0.29) is 10.8 Å². The van der Waals surface area contributed by atoms with Crippen LogP contribution in [0.3, 0.4) is 0 Å². The molecule has 0 fully saturated rings. The van der Waals surface area contributed by atoms with Crippen LogP contribution in [0.15, 0.2) is 60.7 Å². The zero-order chi connectivity index (χ0) is 22.8. The normalized spacial score (nSPS) is 11.5. The Morgan fingerprint density at radius 2 is 1.29 bits per heavy atom. The first-order valence-electron chi connectivity index (χ1n) is 9.15. The third-order valence-electron chi connectivity index (χ3n) is 4.53. The van der Waals surface area contributed by atoms with Gasteiger partial charge in [0.2, 0.25) is 0 Å². The molecule has 0 atom stereocenters. The molecule has 0 spiro atoms. The number of halogens is 2. The van der Waals surface area contributed by atoms with Crippen molar-refractivity contribution in [1.29, 1.82) is 0 Å². The molecule has 9 heteroatoms. The van der Waals surface area contributed by atoms with Gasteiger partial charge in [-0.2, -0.15) is 0 Å². The number of Topliss-reactive ketones (excluding diaryl/α,β-unsaturated/α-hetero) is 1. The smallest absolute Gasteiger partial charge is 0.263 e. The van der Waals surface area contributed by atoms with Crippen molar-refractivity contribution in [2.24, 2.45) is 0 Å². The average Bonchev–Trinajstić information content (AvgIpc) is 3.20. The topological polar surface area (TPSA) is 71.5 Å². The summed E-state index contributed by atoms with van der Waals surface area (Å²) in [6.45, 7) is 0. The molecule has 2 aromatic carbocycles. The molecule has 0 radical (unpaired) electrons. The number of thiophene rings is 1. The van der Waals surface area contributed by atoms with Crippen LogP contribution in [0.2, 0.25) is 10.0 Å².